The van der Waals surface area contributed by atoms with Crippen molar-refractivity contribution in [3.63, 3.8) is 0 Å². The van der Waals surface area contributed by atoms with Crippen LogP contribution < -0.4 is 14.4 Å². The van der Waals surface area contributed by atoms with Crippen molar-refractivity contribution in [2.24, 2.45) is 0 Å². The van der Waals surface area contributed by atoms with E-state index in [0.29, 0.717) is 31.9 Å². The van der Waals surface area contributed by atoms with E-state index in [9.17, 15) is 4.79 Å². The van der Waals surface area contributed by atoms with Gasteiger partial charge in [0.1, 0.15) is 11.5 Å². The summed E-state index contributed by atoms with van der Waals surface area (Å²) < 4.78 is 10.8. The maximum absolute atomic E-state index is 12.5. The van der Waals surface area contributed by atoms with Gasteiger partial charge in [-0.25, -0.2) is 0 Å². The number of hydrogen-bond acceptors (Lipinski definition) is 6. The number of rotatable bonds is 6. The van der Waals surface area contributed by atoms with Crippen molar-refractivity contribution in [3.05, 3.63) is 65.7 Å². The number of ether oxygens (including phenoxy) is 2. The summed E-state index contributed by atoms with van der Waals surface area (Å²) in [5.41, 5.74) is 4.39. The summed E-state index contributed by atoms with van der Waals surface area (Å²) in [6.45, 7) is 6.89. The zero-order chi connectivity index (χ0) is 22.5. The fourth-order valence-electron chi connectivity index (χ4n) is 3.83. The van der Waals surface area contributed by atoms with Gasteiger partial charge in [0.2, 0.25) is 0 Å². The minimum Gasteiger partial charge on any atom is -0.497 e. The average Bonchev–Trinajstić information content (AvgIpc) is 2.83. The van der Waals surface area contributed by atoms with Crippen LogP contribution in [0.3, 0.4) is 0 Å². The van der Waals surface area contributed by atoms with Crippen LogP contribution in [-0.2, 0) is 4.79 Å². The molecule has 2 aromatic carbocycles. The summed E-state index contributed by atoms with van der Waals surface area (Å²) in [7, 11) is 1.62. The van der Waals surface area contributed by atoms with Gasteiger partial charge in [0.25, 0.3) is 5.91 Å². The van der Waals surface area contributed by atoms with Crippen LogP contribution >= 0.6 is 0 Å². The molecule has 4 rings (SSSR count). The number of aryl methyl sites for hydroxylation is 2. The van der Waals surface area contributed by atoms with E-state index in [1.807, 2.05) is 29.2 Å². The second kappa shape index (κ2) is 9.68. The second-order valence-electron chi connectivity index (χ2n) is 7.93. The molecule has 1 amide bonds. The van der Waals surface area contributed by atoms with Crippen molar-refractivity contribution >= 4 is 11.7 Å². The lowest BCUT2D eigenvalue weighted by Gasteiger charge is -2.35. The summed E-state index contributed by atoms with van der Waals surface area (Å²) in [4.78, 5) is 16.5. The number of anilines is 1. The third kappa shape index (κ3) is 4.99. The van der Waals surface area contributed by atoms with Gasteiger partial charge in [0.05, 0.1) is 12.8 Å². The van der Waals surface area contributed by atoms with Crippen LogP contribution in [0, 0.1) is 13.8 Å². The number of nitrogens with zero attached hydrogens (tertiary/aromatic N) is 4. The molecule has 0 N–H and O–H groups in total. The highest BCUT2D eigenvalue weighted by Crippen LogP contribution is 2.23. The lowest BCUT2D eigenvalue weighted by atomic mass is 10.0. The van der Waals surface area contributed by atoms with E-state index < -0.39 is 0 Å². The van der Waals surface area contributed by atoms with E-state index in [2.05, 4.69) is 47.1 Å². The minimum atomic E-state index is -0.0169. The van der Waals surface area contributed by atoms with E-state index in [-0.39, 0.29) is 12.5 Å². The lowest BCUT2D eigenvalue weighted by Crippen LogP contribution is -2.50. The van der Waals surface area contributed by atoms with Gasteiger partial charge in [0, 0.05) is 31.7 Å². The van der Waals surface area contributed by atoms with Crippen LogP contribution in [0.2, 0.25) is 0 Å². The number of piperazine rings is 1. The number of hydrogen-bond donors (Lipinski definition) is 0. The smallest absolute Gasteiger partial charge is 0.260 e. The van der Waals surface area contributed by atoms with Crippen LogP contribution in [0.4, 0.5) is 5.82 Å². The first kappa shape index (κ1) is 21.6. The predicted octanol–water partition coefficient (Wildman–Crippen LogP) is 3.50. The van der Waals surface area contributed by atoms with Gasteiger partial charge < -0.3 is 19.3 Å². The van der Waals surface area contributed by atoms with Crippen LogP contribution in [0.1, 0.15) is 11.1 Å². The molecule has 0 spiro atoms. The molecule has 0 unspecified atom stereocenters. The summed E-state index contributed by atoms with van der Waals surface area (Å²) in [6, 6.07) is 17.6. The molecule has 0 radical (unpaired) electrons. The molecule has 32 heavy (non-hydrogen) atoms. The number of carbonyl (C=O) groups excluding carboxylic acids is 1. The second-order valence-corrected chi connectivity index (χ2v) is 7.93. The van der Waals surface area contributed by atoms with Crippen molar-refractivity contribution in [1.82, 2.24) is 15.1 Å². The number of methoxy groups -OCH3 is 1. The Hall–Kier alpha value is -3.61. The zero-order valence-electron chi connectivity index (χ0n) is 18.7. The molecule has 0 aliphatic carbocycles. The Morgan fingerprint density at radius 3 is 2.25 bits per heavy atom. The molecule has 0 atom stereocenters. The molecule has 1 aliphatic rings. The van der Waals surface area contributed by atoms with Crippen LogP contribution in [0.15, 0.2) is 54.6 Å². The molecule has 1 fully saturated rings. The Bertz CT molecular complexity index is 1060. The van der Waals surface area contributed by atoms with Gasteiger partial charge in [-0.3, -0.25) is 4.79 Å². The molecule has 1 aliphatic heterocycles. The largest absolute Gasteiger partial charge is 0.497 e. The van der Waals surface area contributed by atoms with Crippen molar-refractivity contribution in [3.8, 4) is 22.8 Å². The number of carbonyl (C=O) groups is 1. The fraction of sp³-hybridized carbons (Fsp3) is 0.320. The monoisotopic (exact) mass is 432 g/mol. The molecular weight excluding hydrogens is 404 g/mol. The molecule has 3 aromatic rings. The highest BCUT2D eigenvalue weighted by atomic mass is 16.5. The molecule has 7 nitrogen and oxygen atoms in total. The van der Waals surface area contributed by atoms with Crippen LogP contribution in [0.5, 0.6) is 11.5 Å². The molecule has 7 heteroatoms. The van der Waals surface area contributed by atoms with Gasteiger partial charge in [-0.2, -0.15) is 0 Å². The topological polar surface area (TPSA) is 67.8 Å². The zero-order valence-corrected chi connectivity index (χ0v) is 18.7. The fourth-order valence-corrected chi connectivity index (χ4v) is 3.83. The van der Waals surface area contributed by atoms with Crippen molar-refractivity contribution < 1.29 is 14.3 Å². The quantitative estimate of drug-likeness (QED) is 0.594. The van der Waals surface area contributed by atoms with E-state index in [4.69, 9.17) is 9.47 Å². The van der Waals surface area contributed by atoms with Crippen molar-refractivity contribution in [2.45, 2.75) is 13.8 Å². The Labute approximate surface area is 188 Å². The lowest BCUT2D eigenvalue weighted by molar-refractivity contribution is -0.133. The third-order valence-electron chi connectivity index (χ3n) is 5.69. The first-order valence-corrected chi connectivity index (χ1v) is 10.7. The third-order valence-corrected chi connectivity index (χ3v) is 5.69. The molecule has 0 bridgehead atoms. The molecule has 2 heterocycles. The molecular formula is C25H28N4O3. The van der Waals surface area contributed by atoms with Gasteiger partial charge in [-0.1, -0.05) is 23.8 Å². The Balaban J connectivity index is 1.29. The average molecular weight is 433 g/mol. The first-order valence-electron chi connectivity index (χ1n) is 10.7. The summed E-state index contributed by atoms with van der Waals surface area (Å²) in [6.07, 6.45) is 0. The summed E-state index contributed by atoms with van der Waals surface area (Å²) >= 11 is 0. The molecule has 0 saturated carbocycles. The maximum atomic E-state index is 12.5. The Morgan fingerprint density at radius 2 is 1.62 bits per heavy atom. The number of amides is 1. The van der Waals surface area contributed by atoms with Crippen molar-refractivity contribution in [1.29, 1.82) is 0 Å². The van der Waals surface area contributed by atoms with E-state index in [0.717, 1.165) is 22.8 Å². The molecule has 1 saturated heterocycles. The van der Waals surface area contributed by atoms with E-state index >= 15 is 0 Å². The normalized spacial score (nSPS) is 13.7. The van der Waals surface area contributed by atoms with Gasteiger partial charge >= 0.3 is 0 Å². The highest BCUT2D eigenvalue weighted by molar-refractivity contribution is 5.78. The summed E-state index contributed by atoms with van der Waals surface area (Å²) in [5, 5.41) is 8.88. The van der Waals surface area contributed by atoms with Gasteiger partial charge in [-0.15, -0.1) is 10.2 Å². The van der Waals surface area contributed by atoms with E-state index in [1.165, 1.54) is 11.1 Å². The standard InChI is InChI=1S/C25H28N4O3/c1-18-4-9-22(19(2)16-18)23-10-11-24(27-26-23)28-12-14-29(15-13-28)25(30)17-32-21-7-5-20(31-3)6-8-21/h4-11,16H,12-15,17H2,1-3H3. The van der Waals surface area contributed by atoms with Gasteiger partial charge in [-0.05, 0) is 55.8 Å². The summed E-state index contributed by atoms with van der Waals surface area (Å²) in [5.74, 6) is 2.22. The Kier molecular flexibility index (Phi) is 6.54. The maximum Gasteiger partial charge on any atom is 0.260 e. The number of aromatic nitrogens is 2. The van der Waals surface area contributed by atoms with E-state index in [1.54, 1.807) is 19.2 Å². The SMILES string of the molecule is COc1ccc(OCC(=O)N2CCN(c3ccc(-c4ccc(C)cc4C)nn3)CC2)cc1. The minimum absolute atomic E-state index is 0.0169. The molecule has 166 valence electrons. The van der Waals surface area contributed by atoms with Crippen LogP contribution in [0.25, 0.3) is 11.3 Å². The Morgan fingerprint density at radius 1 is 0.906 bits per heavy atom. The predicted molar refractivity (Wildman–Crippen MR) is 124 cm³/mol. The first-order chi connectivity index (χ1) is 15.5. The van der Waals surface area contributed by atoms with Crippen LogP contribution in [-0.4, -0.2) is 60.9 Å². The molecule has 1 aromatic heterocycles. The van der Waals surface area contributed by atoms with Gasteiger partial charge in [0.15, 0.2) is 12.4 Å². The van der Waals surface area contributed by atoms with Crippen molar-refractivity contribution in [2.75, 3.05) is 44.8 Å². The highest BCUT2D eigenvalue weighted by Gasteiger charge is 2.22. The number of benzene rings is 2.